The van der Waals surface area contributed by atoms with Crippen molar-refractivity contribution in [2.24, 2.45) is 0 Å². The number of fused-ring (bicyclic) bond motifs is 1. The van der Waals surface area contributed by atoms with Crippen LogP contribution in [0.25, 0.3) is 16.2 Å². The second kappa shape index (κ2) is 5.69. The first-order chi connectivity index (χ1) is 10.2. The highest BCUT2D eigenvalue weighted by molar-refractivity contribution is 7.15. The molecule has 1 amide bonds. The Morgan fingerprint density at radius 3 is 2.86 bits per heavy atom. The van der Waals surface area contributed by atoms with Gasteiger partial charge in [0.05, 0.1) is 5.69 Å². The van der Waals surface area contributed by atoms with E-state index in [1.807, 2.05) is 53.2 Å². The van der Waals surface area contributed by atoms with Crippen LogP contribution in [0.1, 0.15) is 30.8 Å². The lowest BCUT2D eigenvalue weighted by molar-refractivity contribution is 0.0933. The van der Waals surface area contributed by atoms with Gasteiger partial charge >= 0.3 is 0 Å². The van der Waals surface area contributed by atoms with Crippen molar-refractivity contribution in [2.45, 2.75) is 26.3 Å². The molecule has 4 nitrogen and oxygen atoms in total. The molecule has 1 aromatic carbocycles. The second-order valence-electron chi connectivity index (χ2n) is 5.05. The van der Waals surface area contributed by atoms with Crippen LogP contribution in [0, 0.1) is 0 Å². The van der Waals surface area contributed by atoms with Gasteiger partial charge in [0, 0.05) is 23.2 Å². The maximum absolute atomic E-state index is 12.3. The monoisotopic (exact) mass is 299 g/mol. The van der Waals surface area contributed by atoms with Crippen molar-refractivity contribution in [1.29, 1.82) is 0 Å². The fraction of sp³-hybridized carbons (Fsp3) is 0.250. The van der Waals surface area contributed by atoms with Crippen molar-refractivity contribution in [1.82, 2.24) is 14.7 Å². The molecule has 5 heteroatoms. The van der Waals surface area contributed by atoms with Crippen molar-refractivity contribution < 1.29 is 4.79 Å². The molecule has 21 heavy (non-hydrogen) atoms. The van der Waals surface area contributed by atoms with E-state index < -0.39 is 0 Å². The molecule has 1 N–H and O–H groups in total. The van der Waals surface area contributed by atoms with E-state index in [1.165, 1.54) is 11.3 Å². The summed E-state index contributed by atoms with van der Waals surface area (Å²) in [5.41, 5.74) is 2.59. The lowest BCUT2D eigenvalue weighted by atomic mass is 10.2. The Kier molecular flexibility index (Phi) is 3.75. The maximum atomic E-state index is 12.3. The Morgan fingerprint density at radius 2 is 2.14 bits per heavy atom. The van der Waals surface area contributed by atoms with E-state index in [1.54, 1.807) is 0 Å². The van der Waals surface area contributed by atoms with Crippen LogP contribution >= 0.6 is 11.3 Å². The van der Waals surface area contributed by atoms with Gasteiger partial charge in [-0.2, -0.15) is 0 Å². The molecule has 108 valence electrons. The first kappa shape index (κ1) is 13.8. The van der Waals surface area contributed by atoms with Gasteiger partial charge in [0.2, 0.25) is 0 Å². The highest BCUT2D eigenvalue weighted by atomic mass is 32.1. The number of imidazole rings is 1. The number of carbonyl (C=O) groups excluding carboxylic acids is 1. The number of carbonyl (C=O) groups is 1. The lowest BCUT2D eigenvalue weighted by Crippen LogP contribution is -2.32. The standard InChI is InChI=1S/C16H17N3OS/c1-3-11(2)17-15(20)14-10-21-16-18-13(9-19(14)16)12-7-5-4-6-8-12/h4-11H,3H2,1-2H3,(H,17,20). The molecular weight excluding hydrogens is 282 g/mol. The molecule has 0 fully saturated rings. The van der Waals surface area contributed by atoms with Gasteiger partial charge in [0.1, 0.15) is 5.69 Å². The molecule has 0 aliphatic carbocycles. The van der Waals surface area contributed by atoms with Gasteiger partial charge < -0.3 is 5.32 Å². The van der Waals surface area contributed by atoms with Gasteiger partial charge in [-0.15, -0.1) is 11.3 Å². The predicted molar refractivity (Wildman–Crippen MR) is 85.7 cm³/mol. The number of benzene rings is 1. The molecule has 0 radical (unpaired) electrons. The predicted octanol–water partition coefficient (Wildman–Crippen LogP) is 3.59. The molecule has 0 spiro atoms. The summed E-state index contributed by atoms with van der Waals surface area (Å²) in [5.74, 6) is -0.0485. The Balaban J connectivity index is 1.95. The minimum Gasteiger partial charge on any atom is -0.348 e. The Labute approximate surface area is 127 Å². The average molecular weight is 299 g/mol. The van der Waals surface area contributed by atoms with Crippen LogP contribution in [-0.4, -0.2) is 21.3 Å². The summed E-state index contributed by atoms with van der Waals surface area (Å²) in [5, 5.41) is 4.85. The van der Waals surface area contributed by atoms with Crippen LogP contribution in [0.15, 0.2) is 41.9 Å². The highest BCUT2D eigenvalue weighted by Gasteiger charge is 2.16. The van der Waals surface area contributed by atoms with Crippen molar-refractivity contribution in [3.05, 3.63) is 47.6 Å². The molecule has 3 aromatic rings. The molecule has 0 aliphatic rings. The summed E-state index contributed by atoms with van der Waals surface area (Å²) in [7, 11) is 0. The number of nitrogens with one attached hydrogen (secondary N) is 1. The average Bonchev–Trinajstić information content (AvgIpc) is 3.07. The normalized spacial score (nSPS) is 12.5. The number of thiazole rings is 1. The quantitative estimate of drug-likeness (QED) is 0.800. The highest BCUT2D eigenvalue weighted by Crippen LogP contribution is 2.23. The summed E-state index contributed by atoms with van der Waals surface area (Å²) in [6, 6.07) is 10.2. The molecule has 2 heterocycles. The van der Waals surface area contributed by atoms with Gasteiger partial charge in [-0.05, 0) is 13.3 Å². The third-order valence-electron chi connectivity index (χ3n) is 3.50. The van der Waals surface area contributed by atoms with Crippen molar-refractivity contribution in [2.75, 3.05) is 0 Å². The van der Waals surface area contributed by atoms with Gasteiger partial charge in [0.25, 0.3) is 5.91 Å². The van der Waals surface area contributed by atoms with Crippen LogP contribution in [-0.2, 0) is 0 Å². The van der Waals surface area contributed by atoms with Gasteiger partial charge in [-0.1, -0.05) is 37.3 Å². The van der Waals surface area contributed by atoms with Crippen LogP contribution in [0.3, 0.4) is 0 Å². The van der Waals surface area contributed by atoms with Crippen molar-refractivity contribution in [3.8, 4) is 11.3 Å². The van der Waals surface area contributed by atoms with E-state index in [0.717, 1.165) is 22.6 Å². The third-order valence-corrected chi connectivity index (χ3v) is 4.34. The van der Waals surface area contributed by atoms with Crippen molar-refractivity contribution >= 4 is 22.2 Å². The zero-order valence-electron chi connectivity index (χ0n) is 12.0. The van der Waals surface area contributed by atoms with Crippen LogP contribution in [0.2, 0.25) is 0 Å². The van der Waals surface area contributed by atoms with E-state index in [9.17, 15) is 4.79 Å². The van der Waals surface area contributed by atoms with Crippen LogP contribution in [0.5, 0.6) is 0 Å². The zero-order chi connectivity index (χ0) is 14.8. The molecule has 0 bridgehead atoms. The van der Waals surface area contributed by atoms with Gasteiger partial charge in [-0.25, -0.2) is 4.98 Å². The number of rotatable bonds is 4. The first-order valence-corrected chi connectivity index (χ1v) is 7.90. The van der Waals surface area contributed by atoms with E-state index >= 15 is 0 Å². The molecule has 1 unspecified atom stereocenters. The molecular formula is C16H17N3OS. The summed E-state index contributed by atoms with van der Waals surface area (Å²) < 4.78 is 1.87. The fourth-order valence-electron chi connectivity index (χ4n) is 2.10. The van der Waals surface area contributed by atoms with E-state index in [2.05, 4.69) is 17.2 Å². The number of aromatic nitrogens is 2. The molecule has 0 saturated heterocycles. The van der Waals surface area contributed by atoms with Gasteiger partial charge in [0.15, 0.2) is 4.96 Å². The first-order valence-electron chi connectivity index (χ1n) is 7.02. The third kappa shape index (κ3) is 2.69. The number of nitrogens with zero attached hydrogens (tertiary/aromatic N) is 2. The topological polar surface area (TPSA) is 46.4 Å². The molecule has 1 atom stereocenters. The Hall–Kier alpha value is -2.14. The number of hydrogen-bond acceptors (Lipinski definition) is 3. The Bertz CT molecular complexity index is 760. The molecule has 0 saturated carbocycles. The summed E-state index contributed by atoms with van der Waals surface area (Å²) in [6.45, 7) is 4.06. The van der Waals surface area contributed by atoms with E-state index in [4.69, 9.17) is 0 Å². The van der Waals surface area contributed by atoms with E-state index in [0.29, 0.717) is 5.69 Å². The SMILES string of the molecule is CCC(C)NC(=O)c1csc2nc(-c3ccccc3)cn12. The number of hydrogen-bond donors (Lipinski definition) is 1. The van der Waals surface area contributed by atoms with Crippen LogP contribution < -0.4 is 5.32 Å². The summed E-state index contributed by atoms with van der Waals surface area (Å²) >= 11 is 1.48. The number of amides is 1. The Morgan fingerprint density at radius 1 is 1.38 bits per heavy atom. The fourth-order valence-corrected chi connectivity index (χ4v) is 2.95. The van der Waals surface area contributed by atoms with Crippen molar-refractivity contribution in [3.63, 3.8) is 0 Å². The van der Waals surface area contributed by atoms with E-state index in [-0.39, 0.29) is 11.9 Å². The zero-order valence-corrected chi connectivity index (χ0v) is 12.9. The maximum Gasteiger partial charge on any atom is 0.269 e. The largest absolute Gasteiger partial charge is 0.348 e. The molecule has 3 rings (SSSR count). The molecule has 0 aliphatic heterocycles. The minimum atomic E-state index is -0.0485. The second-order valence-corrected chi connectivity index (χ2v) is 5.88. The van der Waals surface area contributed by atoms with Gasteiger partial charge in [-0.3, -0.25) is 9.20 Å². The van der Waals surface area contributed by atoms with Crippen LogP contribution in [0.4, 0.5) is 0 Å². The smallest absolute Gasteiger partial charge is 0.269 e. The lowest BCUT2D eigenvalue weighted by Gasteiger charge is -2.10. The molecule has 2 aromatic heterocycles. The summed E-state index contributed by atoms with van der Waals surface area (Å²) in [6.07, 6.45) is 2.84. The minimum absolute atomic E-state index is 0.0485. The summed E-state index contributed by atoms with van der Waals surface area (Å²) in [4.78, 5) is 17.7.